The van der Waals surface area contributed by atoms with Crippen molar-refractivity contribution in [2.75, 3.05) is 14.1 Å². The molecule has 0 unspecified atom stereocenters. The number of aromatic nitrogens is 1. The molecule has 142 valence electrons. The maximum absolute atomic E-state index is 12.4. The lowest BCUT2D eigenvalue weighted by Gasteiger charge is -2.13. The molecule has 3 aromatic rings. The van der Waals surface area contributed by atoms with Crippen LogP contribution in [0.4, 0.5) is 5.69 Å². The van der Waals surface area contributed by atoms with Gasteiger partial charge in [-0.25, -0.2) is 17.7 Å². The summed E-state index contributed by atoms with van der Waals surface area (Å²) in [5.74, 6) is 0. The van der Waals surface area contributed by atoms with Gasteiger partial charge < -0.3 is 4.57 Å². The Hall–Kier alpha value is -1.93. The highest BCUT2D eigenvalue weighted by atomic mass is 35.5. The number of rotatable bonds is 4. The Bertz CT molecular complexity index is 1140. The summed E-state index contributed by atoms with van der Waals surface area (Å²) in [6.07, 6.45) is 0. The summed E-state index contributed by atoms with van der Waals surface area (Å²) >= 11 is 7.85. The van der Waals surface area contributed by atoms with Gasteiger partial charge in [0, 0.05) is 37.1 Å². The van der Waals surface area contributed by atoms with Gasteiger partial charge in [0.2, 0.25) is 10.0 Å². The summed E-state index contributed by atoms with van der Waals surface area (Å²) in [4.78, 5) is 5.67. The second kappa shape index (κ2) is 7.59. The van der Waals surface area contributed by atoms with Crippen LogP contribution >= 0.6 is 22.9 Å². The van der Waals surface area contributed by atoms with Gasteiger partial charge in [-0.15, -0.1) is 11.3 Å². The number of sulfonamides is 1. The van der Waals surface area contributed by atoms with E-state index < -0.39 is 10.0 Å². The summed E-state index contributed by atoms with van der Waals surface area (Å²) < 4.78 is 28.0. The monoisotopic (exact) mass is 421 g/mol. The van der Waals surface area contributed by atoms with Gasteiger partial charge in [0.25, 0.3) is 0 Å². The third kappa shape index (κ3) is 4.01. The van der Waals surface area contributed by atoms with Crippen LogP contribution in [0.2, 0.25) is 5.02 Å². The highest BCUT2D eigenvalue weighted by Gasteiger charge is 2.20. The van der Waals surface area contributed by atoms with Crippen LogP contribution in [0, 0.1) is 6.92 Å². The van der Waals surface area contributed by atoms with Crippen molar-refractivity contribution >= 4 is 38.6 Å². The summed E-state index contributed by atoms with van der Waals surface area (Å²) in [5.41, 5.74) is 3.51. The van der Waals surface area contributed by atoms with E-state index in [2.05, 4.69) is 4.99 Å². The molecular weight excluding hydrogens is 402 g/mol. The summed E-state index contributed by atoms with van der Waals surface area (Å²) in [6.45, 7) is 2.03. The molecule has 0 N–H and O–H groups in total. The zero-order valence-electron chi connectivity index (χ0n) is 15.5. The van der Waals surface area contributed by atoms with Crippen LogP contribution < -0.4 is 4.80 Å². The zero-order chi connectivity index (χ0) is 19.8. The standard InChI is InChI=1S/C19H20ClN3O2S2/c1-13-5-7-14(8-6-13)21-19-23(4)18(12-26-19)16-11-15(9-10-17(16)20)27(24,25)22(2)3/h5-12H,1-4H3. The smallest absolute Gasteiger partial charge is 0.242 e. The Kier molecular flexibility index (Phi) is 5.58. The fourth-order valence-corrected chi connectivity index (χ4v) is 4.58. The normalized spacial score (nSPS) is 12.7. The van der Waals surface area contributed by atoms with Crippen molar-refractivity contribution in [3.05, 3.63) is 63.2 Å². The highest BCUT2D eigenvalue weighted by Crippen LogP contribution is 2.31. The number of hydrogen-bond donors (Lipinski definition) is 0. The van der Waals surface area contributed by atoms with Crippen LogP contribution in [0.25, 0.3) is 11.3 Å². The quantitative estimate of drug-likeness (QED) is 0.634. The number of aryl methyl sites for hydroxylation is 1. The van der Waals surface area contributed by atoms with Gasteiger partial charge in [-0.1, -0.05) is 29.3 Å². The first kappa shape index (κ1) is 19.8. The van der Waals surface area contributed by atoms with E-state index in [1.807, 2.05) is 48.2 Å². The fraction of sp³-hybridized carbons (Fsp3) is 0.211. The molecule has 3 rings (SSSR count). The lowest BCUT2D eigenvalue weighted by Crippen LogP contribution is -2.22. The van der Waals surface area contributed by atoms with Crippen LogP contribution in [-0.2, 0) is 17.1 Å². The molecule has 27 heavy (non-hydrogen) atoms. The molecule has 0 amide bonds. The number of hydrogen-bond acceptors (Lipinski definition) is 4. The van der Waals surface area contributed by atoms with E-state index in [1.54, 1.807) is 12.1 Å². The molecule has 0 aliphatic rings. The molecular formula is C19H20ClN3O2S2. The molecule has 0 saturated heterocycles. The average molecular weight is 422 g/mol. The van der Waals surface area contributed by atoms with Gasteiger partial charge in [0.15, 0.2) is 4.80 Å². The van der Waals surface area contributed by atoms with Crippen molar-refractivity contribution in [2.24, 2.45) is 12.0 Å². The Balaban J connectivity index is 2.11. The third-order valence-electron chi connectivity index (χ3n) is 4.18. The van der Waals surface area contributed by atoms with E-state index in [0.717, 1.165) is 16.2 Å². The molecule has 0 aliphatic heterocycles. The first-order valence-electron chi connectivity index (χ1n) is 8.18. The van der Waals surface area contributed by atoms with E-state index in [0.29, 0.717) is 10.6 Å². The summed E-state index contributed by atoms with van der Waals surface area (Å²) in [7, 11) is 1.37. The largest absolute Gasteiger partial charge is 0.319 e. The van der Waals surface area contributed by atoms with Crippen molar-refractivity contribution in [1.29, 1.82) is 0 Å². The van der Waals surface area contributed by atoms with E-state index in [4.69, 9.17) is 11.6 Å². The molecule has 0 atom stereocenters. The molecule has 1 aromatic heterocycles. The summed E-state index contributed by atoms with van der Waals surface area (Å²) in [5, 5.41) is 2.42. The van der Waals surface area contributed by atoms with Gasteiger partial charge in [-0.05, 0) is 37.3 Å². The second-order valence-corrected chi connectivity index (χ2v) is 9.73. The van der Waals surface area contributed by atoms with Gasteiger partial charge in [0.05, 0.1) is 16.3 Å². The van der Waals surface area contributed by atoms with E-state index >= 15 is 0 Å². The van der Waals surface area contributed by atoms with Crippen molar-refractivity contribution in [3.8, 4) is 11.3 Å². The minimum atomic E-state index is -3.54. The Morgan fingerprint density at radius 1 is 1.11 bits per heavy atom. The molecule has 0 radical (unpaired) electrons. The number of benzene rings is 2. The van der Waals surface area contributed by atoms with Crippen molar-refractivity contribution in [1.82, 2.24) is 8.87 Å². The van der Waals surface area contributed by atoms with E-state index in [1.165, 1.54) is 41.4 Å². The van der Waals surface area contributed by atoms with Gasteiger partial charge >= 0.3 is 0 Å². The van der Waals surface area contributed by atoms with Gasteiger partial charge in [-0.3, -0.25) is 0 Å². The Labute approximate surface area is 168 Å². The maximum Gasteiger partial charge on any atom is 0.242 e. The topological polar surface area (TPSA) is 54.7 Å². The summed E-state index contributed by atoms with van der Waals surface area (Å²) in [6, 6.07) is 12.7. The average Bonchev–Trinajstić information content (AvgIpc) is 2.97. The lowest BCUT2D eigenvalue weighted by molar-refractivity contribution is 0.521. The molecule has 8 heteroatoms. The molecule has 0 bridgehead atoms. The number of halogens is 1. The number of nitrogens with zero attached hydrogens (tertiary/aromatic N) is 3. The minimum absolute atomic E-state index is 0.204. The van der Waals surface area contributed by atoms with Crippen LogP contribution in [0.1, 0.15) is 5.56 Å². The fourth-order valence-electron chi connectivity index (χ4n) is 2.52. The predicted molar refractivity (Wildman–Crippen MR) is 111 cm³/mol. The van der Waals surface area contributed by atoms with Crippen molar-refractivity contribution in [3.63, 3.8) is 0 Å². The van der Waals surface area contributed by atoms with Crippen LogP contribution in [-0.4, -0.2) is 31.4 Å². The molecule has 0 aliphatic carbocycles. The predicted octanol–water partition coefficient (Wildman–Crippen LogP) is 4.20. The lowest BCUT2D eigenvalue weighted by atomic mass is 10.2. The van der Waals surface area contributed by atoms with Gasteiger partial charge in [0.1, 0.15) is 0 Å². The Morgan fingerprint density at radius 3 is 2.41 bits per heavy atom. The van der Waals surface area contributed by atoms with Gasteiger partial charge in [-0.2, -0.15) is 0 Å². The third-order valence-corrected chi connectivity index (χ3v) is 7.23. The number of thiazole rings is 1. The van der Waals surface area contributed by atoms with Crippen LogP contribution in [0.15, 0.2) is 57.7 Å². The van der Waals surface area contributed by atoms with E-state index in [-0.39, 0.29) is 4.90 Å². The van der Waals surface area contributed by atoms with Crippen molar-refractivity contribution < 1.29 is 8.42 Å². The van der Waals surface area contributed by atoms with Crippen LogP contribution in [0.3, 0.4) is 0 Å². The minimum Gasteiger partial charge on any atom is -0.319 e. The molecule has 0 spiro atoms. The Morgan fingerprint density at radius 2 is 1.78 bits per heavy atom. The molecule has 2 aromatic carbocycles. The second-order valence-electron chi connectivity index (χ2n) is 6.34. The SMILES string of the molecule is Cc1ccc(N=c2scc(-c3cc(S(=O)(=O)N(C)C)ccc3Cl)n2C)cc1. The zero-order valence-corrected chi connectivity index (χ0v) is 17.9. The van der Waals surface area contributed by atoms with Crippen LogP contribution in [0.5, 0.6) is 0 Å². The maximum atomic E-state index is 12.4. The molecule has 0 saturated carbocycles. The van der Waals surface area contributed by atoms with E-state index in [9.17, 15) is 8.42 Å². The molecule has 1 heterocycles. The van der Waals surface area contributed by atoms with Crippen molar-refractivity contribution in [2.45, 2.75) is 11.8 Å². The first-order valence-corrected chi connectivity index (χ1v) is 10.9. The molecule has 5 nitrogen and oxygen atoms in total. The molecule has 0 fully saturated rings. The first-order chi connectivity index (χ1) is 12.7. The highest BCUT2D eigenvalue weighted by molar-refractivity contribution is 7.89.